The summed E-state index contributed by atoms with van der Waals surface area (Å²) in [6, 6.07) is 5.74. The van der Waals surface area contributed by atoms with Gasteiger partial charge in [0, 0.05) is 32.7 Å². The van der Waals surface area contributed by atoms with Gasteiger partial charge in [-0.2, -0.15) is 0 Å². The Balaban J connectivity index is 1.63. The van der Waals surface area contributed by atoms with Gasteiger partial charge in [-0.05, 0) is 24.6 Å². The Bertz CT molecular complexity index is 556. The molecule has 23 heavy (non-hydrogen) atoms. The zero-order valence-electron chi connectivity index (χ0n) is 13.5. The first-order valence-electron chi connectivity index (χ1n) is 8.20. The second-order valence-electron chi connectivity index (χ2n) is 6.02. The average Bonchev–Trinajstić information content (AvgIpc) is 2.61. The summed E-state index contributed by atoms with van der Waals surface area (Å²) in [6.45, 7) is 6.97. The Labute approximate surface area is 136 Å². The van der Waals surface area contributed by atoms with Gasteiger partial charge < -0.3 is 19.5 Å². The topological polar surface area (TPSA) is 62.2 Å². The number of amides is 1. The van der Waals surface area contributed by atoms with Crippen molar-refractivity contribution < 1.29 is 19.4 Å². The van der Waals surface area contributed by atoms with Crippen LogP contribution < -0.4 is 9.47 Å². The second-order valence-corrected chi connectivity index (χ2v) is 6.02. The largest absolute Gasteiger partial charge is 0.486 e. The maximum atomic E-state index is 12.7. The van der Waals surface area contributed by atoms with Gasteiger partial charge >= 0.3 is 0 Å². The van der Waals surface area contributed by atoms with Crippen molar-refractivity contribution in [2.45, 2.75) is 12.8 Å². The molecule has 6 nitrogen and oxygen atoms in total. The van der Waals surface area contributed by atoms with E-state index in [9.17, 15) is 4.79 Å². The Morgan fingerprint density at radius 3 is 2.57 bits per heavy atom. The molecule has 1 aromatic carbocycles. The van der Waals surface area contributed by atoms with Gasteiger partial charge in [0.1, 0.15) is 13.2 Å². The van der Waals surface area contributed by atoms with Crippen LogP contribution in [0.2, 0.25) is 0 Å². The quantitative estimate of drug-likeness (QED) is 0.885. The highest BCUT2D eigenvalue weighted by Gasteiger charge is 2.26. The molecule has 2 aliphatic rings. The van der Waals surface area contributed by atoms with E-state index in [1.165, 1.54) is 0 Å². The van der Waals surface area contributed by atoms with Crippen LogP contribution in [-0.2, 0) is 4.79 Å². The van der Waals surface area contributed by atoms with Gasteiger partial charge in [0.2, 0.25) is 5.91 Å². The van der Waals surface area contributed by atoms with E-state index in [0.29, 0.717) is 32.8 Å². The van der Waals surface area contributed by atoms with Crippen molar-refractivity contribution in [2.24, 2.45) is 0 Å². The number of benzene rings is 1. The van der Waals surface area contributed by atoms with E-state index in [1.54, 1.807) is 0 Å². The summed E-state index contributed by atoms with van der Waals surface area (Å²) in [4.78, 5) is 16.8. The van der Waals surface area contributed by atoms with E-state index >= 15 is 0 Å². The highest BCUT2D eigenvalue weighted by atomic mass is 16.6. The molecule has 1 fully saturated rings. The lowest BCUT2D eigenvalue weighted by Crippen LogP contribution is -2.50. The Morgan fingerprint density at radius 1 is 1.17 bits per heavy atom. The van der Waals surface area contributed by atoms with Gasteiger partial charge in [0.25, 0.3) is 0 Å². The number of aliphatic hydroxyl groups excluding tert-OH is 1. The molecule has 1 saturated heterocycles. The first kappa shape index (κ1) is 16.1. The number of hydrogen-bond donors (Lipinski definition) is 1. The lowest BCUT2D eigenvalue weighted by atomic mass is 9.98. The summed E-state index contributed by atoms with van der Waals surface area (Å²) in [5.74, 6) is 1.42. The van der Waals surface area contributed by atoms with Gasteiger partial charge in [0.15, 0.2) is 11.5 Å². The standard InChI is InChI=1S/C17H24N2O4/c1-13(14-2-3-15-16(12-14)23-11-10-22-15)17(21)19-6-4-18(5-7-19)8-9-20/h2-3,12-13,20H,4-11H2,1H3/t13-/m1/s1. The van der Waals surface area contributed by atoms with Crippen LogP contribution in [0.25, 0.3) is 0 Å². The predicted molar refractivity (Wildman–Crippen MR) is 86.0 cm³/mol. The molecule has 1 atom stereocenters. The van der Waals surface area contributed by atoms with E-state index in [1.807, 2.05) is 30.0 Å². The van der Waals surface area contributed by atoms with Crippen molar-refractivity contribution in [1.82, 2.24) is 9.80 Å². The number of rotatable bonds is 4. The molecule has 1 N–H and O–H groups in total. The molecule has 6 heteroatoms. The van der Waals surface area contributed by atoms with Crippen LogP contribution in [0.1, 0.15) is 18.4 Å². The van der Waals surface area contributed by atoms with E-state index in [-0.39, 0.29) is 18.4 Å². The number of piperazine rings is 1. The fourth-order valence-corrected chi connectivity index (χ4v) is 3.08. The van der Waals surface area contributed by atoms with Gasteiger partial charge in [-0.15, -0.1) is 0 Å². The first-order chi connectivity index (χ1) is 11.2. The molecule has 1 aromatic rings. The van der Waals surface area contributed by atoms with Gasteiger partial charge in [-0.3, -0.25) is 9.69 Å². The third kappa shape index (κ3) is 3.59. The number of aliphatic hydroxyl groups is 1. The summed E-state index contributed by atoms with van der Waals surface area (Å²) in [6.07, 6.45) is 0. The molecule has 0 unspecified atom stereocenters. The molecule has 0 bridgehead atoms. The van der Waals surface area contributed by atoms with E-state index in [0.717, 1.165) is 30.2 Å². The maximum Gasteiger partial charge on any atom is 0.229 e. The van der Waals surface area contributed by atoms with Crippen molar-refractivity contribution in [3.8, 4) is 11.5 Å². The lowest BCUT2D eigenvalue weighted by Gasteiger charge is -2.35. The lowest BCUT2D eigenvalue weighted by molar-refractivity contribution is -0.134. The number of fused-ring (bicyclic) bond motifs is 1. The molecule has 0 radical (unpaired) electrons. The molecule has 0 spiro atoms. The number of carbonyl (C=O) groups is 1. The summed E-state index contributed by atoms with van der Waals surface area (Å²) in [5, 5.41) is 8.98. The fourth-order valence-electron chi connectivity index (χ4n) is 3.08. The van der Waals surface area contributed by atoms with Crippen LogP contribution in [0.15, 0.2) is 18.2 Å². The highest BCUT2D eigenvalue weighted by molar-refractivity contribution is 5.83. The van der Waals surface area contributed by atoms with Crippen LogP contribution in [-0.4, -0.2) is 73.4 Å². The molecule has 0 saturated carbocycles. The van der Waals surface area contributed by atoms with Crippen LogP contribution in [0, 0.1) is 0 Å². The first-order valence-corrected chi connectivity index (χ1v) is 8.20. The number of β-amino-alcohol motifs (C(OH)–C–C–N with tert-alkyl or cyclic N) is 1. The summed E-state index contributed by atoms with van der Waals surface area (Å²) in [7, 11) is 0. The van der Waals surface area contributed by atoms with Crippen molar-refractivity contribution >= 4 is 5.91 Å². The summed E-state index contributed by atoms with van der Waals surface area (Å²) >= 11 is 0. The summed E-state index contributed by atoms with van der Waals surface area (Å²) < 4.78 is 11.1. The van der Waals surface area contributed by atoms with Crippen LogP contribution in [0.3, 0.4) is 0 Å². The number of nitrogens with zero attached hydrogens (tertiary/aromatic N) is 2. The monoisotopic (exact) mass is 320 g/mol. The molecule has 1 amide bonds. The predicted octanol–water partition coefficient (Wildman–Crippen LogP) is 0.698. The SMILES string of the molecule is C[C@@H](C(=O)N1CCN(CCO)CC1)c1ccc2c(c1)OCCO2. The van der Waals surface area contributed by atoms with Gasteiger partial charge in [-0.25, -0.2) is 0 Å². The van der Waals surface area contributed by atoms with Crippen molar-refractivity contribution in [3.05, 3.63) is 23.8 Å². The third-order valence-electron chi connectivity index (χ3n) is 4.54. The van der Waals surface area contributed by atoms with Crippen molar-refractivity contribution in [1.29, 1.82) is 0 Å². The normalized spacial score (nSPS) is 19.5. The zero-order chi connectivity index (χ0) is 16.2. The van der Waals surface area contributed by atoms with E-state index in [4.69, 9.17) is 14.6 Å². The molecule has 2 aliphatic heterocycles. The zero-order valence-corrected chi connectivity index (χ0v) is 13.5. The minimum atomic E-state index is -0.199. The van der Waals surface area contributed by atoms with Gasteiger partial charge in [-0.1, -0.05) is 6.07 Å². The molecular formula is C17H24N2O4. The van der Waals surface area contributed by atoms with E-state index < -0.39 is 0 Å². The number of hydrogen-bond acceptors (Lipinski definition) is 5. The Morgan fingerprint density at radius 2 is 1.87 bits per heavy atom. The molecule has 0 aliphatic carbocycles. The number of ether oxygens (including phenoxy) is 2. The third-order valence-corrected chi connectivity index (χ3v) is 4.54. The molecule has 2 heterocycles. The second kappa shape index (κ2) is 7.19. The van der Waals surface area contributed by atoms with Crippen molar-refractivity contribution in [3.63, 3.8) is 0 Å². The molecule has 3 rings (SSSR count). The van der Waals surface area contributed by atoms with Crippen molar-refractivity contribution in [2.75, 3.05) is 52.5 Å². The smallest absolute Gasteiger partial charge is 0.229 e. The highest BCUT2D eigenvalue weighted by Crippen LogP contribution is 2.33. The minimum absolute atomic E-state index is 0.144. The summed E-state index contributed by atoms with van der Waals surface area (Å²) in [5.41, 5.74) is 0.956. The molecule has 0 aromatic heterocycles. The van der Waals surface area contributed by atoms with Crippen LogP contribution >= 0.6 is 0 Å². The Hall–Kier alpha value is -1.79. The average molecular weight is 320 g/mol. The number of carbonyl (C=O) groups excluding carboxylic acids is 1. The minimum Gasteiger partial charge on any atom is -0.486 e. The fraction of sp³-hybridized carbons (Fsp3) is 0.588. The van der Waals surface area contributed by atoms with E-state index in [2.05, 4.69) is 4.90 Å². The Kier molecular flexibility index (Phi) is 5.03. The molecular weight excluding hydrogens is 296 g/mol. The van der Waals surface area contributed by atoms with Crippen LogP contribution in [0.4, 0.5) is 0 Å². The maximum absolute atomic E-state index is 12.7. The van der Waals surface area contributed by atoms with Crippen LogP contribution in [0.5, 0.6) is 11.5 Å². The van der Waals surface area contributed by atoms with Gasteiger partial charge in [0.05, 0.1) is 12.5 Å². The molecule has 126 valence electrons.